The molecule has 0 aliphatic heterocycles. The van der Waals surface area contributed by atoms with Gasteiger partial charge in [-0.25, -0.2) is 0 Å². The van der Waals surface area contributed by atoms with Gasteiger partial charge in [0.2, 0.25) is 0 Å². The molecule has 0 aromatic rings. The minimum Gasteiger partial charge on any atom is -0.0654 e. The van der Waals surface area contributed by atoms with Crippen LogP contribution in [0.25, 0.3) is 0 Å². The van der Waals surface area contributed by atoms with Crippen molar-refractivity contribution in [2.45, 2.75) is 136 Å². The molecule has 0 heteroatoms. The molecular formula is C23H46. The predicted octanol–water partition coefficient (Wildman–Crippen LogP) is 8.68. The summed E-state index contributed by atoms with van der Waals surface area (Å²) in [6, 6.07) is 0. The molecule has 1 rings (SSSR count). The van der Waals surface area contributed by atoms with E-state index in [1.54, 1.807) is 25.7 Å². The zero-order valence-corrected chi connectivity index (χ0v) is 16.6. The second-order valence-electron chi connectivity index (χ2n) is 8.35. The third kappa shape index (κ3) is 12.1. The molecule has 0 aromatic carbocycles. The first-order valence-corrected chi connectivity index (χ1v) is 11.4. The molecular weight excluding hydrogens is 276 g/mol. The van der Waals surface area contributed by atoms with E-state index < -0.39 is 0 Å². The van der Waals surface area contributed by atoms with Crippen molar-refractivity contribution in [3.05, 3.63) is 0 Å². The zero-order valence-electron chi connectivity index (χ0n) is 16.6. The van der Waals surface area contributed by atoms with E-state index in [1.165, 1.54) is 96.3 Å². The van der Waals surface area contributed by atoms with Crippen LogP contribution in [0.3, 0.4) is 0 Å². The lowest BCUT2D eigenvalue weighted by atomic mass is 9.78. The van der Waals surface area contributed by atoms with E-state index in [0.29, 0.717) is 0 Å². The summed E-state index contributed by atoms with van der Waals surface area (Å²) < 4.78 is 0. The molecule has 0 heterocycles. The van der Waals surface area contributed by atoms with Crippen LogP contribution in [0.15, 0.2) is 0 Å². The Bertz CT molecular complexity index is 224. The van der Waals surface area contributed by atoms with Crippen LogP contribution >= 0.6 is 0 Å². The summed E-state index contributed by atoms with van der Waals surface area (Å²) in [4.78, 5) is 0. The highest BCUT2D eigenvalue weighted by atomic mass is 14.3. The van der Waals surface area contributed by atoms with Crippen molar-refractivity contribution < 1.29 is 0 Å². The number of hydrogen-bond acceptors (Lipinski definition) is 0. The summed E-state index contributed by atoms with van der Waals surface area (Å²) in [5.74, 6) is 2.18. The highest BCUT2D eigenvalue weighted by molar-refractivity contribution is 4.72. The SMILES string of the molecule is CCCCCCCCCCCCC1CCC(CCCCC)CC1. The molecule has 0 unspecified atom stereocenters. The molecule has 0 amide bonds. The fraction of sp³-hybridized carbons (Fsp3) is 1.00. The Morgan fingerprint density at radius 1 is 0.435 bits per heavy atom. The van der Waals surface area contributed by atoms with E-state index in [1.807, 2.05) is 0 Å². The number of hydrogen-bond donors (Lipinski definition) is 0. The fourth-order valence-corrected chi connectivity index (χ4v) is 4.41. The summed E-state index contributed by atoms with van der Waals surface area (Å²) >= 11 is 0. The fourth-order valence-electron chi connectivity index (χ4n) is 4.41. The van der Waals surface area contributed by atoms with Crippen LogP contribution in [0, 0.1) is 11.8 Å². The second-order valence-corrected chi connectivity index (χ2v) is 8.35. The van der Waals surface area contributed by atoms with Gasteiger partial charge < -0.3 is 0 Å². The molecule has 1 aliphatic carbocycles. The van der Waals surface area contributed by atoms with E-state index in [9.17, 15) is 0 Å². The molecule has 0 spiro atoms. The van der Waals surface area contributed by atoms with E-state index in [4.69, 9.17) is 0 Å². The van der Waals surface area contributed by atoms with Gasteiger partial charge >= 0.3 is 0 Å². The molecule has 138 valence electrons. The van der Waals surface area contributed by atoms with E-state index >= 15 is 0 Å². The quantitative estimate of drug-likeness (QED) is 0.264. The van der Waals surface area contributed by atoms with Crippen molar-refractivity contribution in [2.75, 3.05) is 0 Å². The van der Waals surface area contributed by atoms with Gasteiger partial charge in [0.15, 0.2) is 0 Å². The average Bonchev–Trinajstić information content (AvgIpc) is 2.58. The lowest BCUT2D eigenvalue weighted by molar-refractivity contribution is 0.244. The van der Waals surface area contributed by atoms with Gasteiger partial charge in [-0.1, -0.05) is 136 Å². The molecule has 0 nitrogen and oxygen atoms in total. The van der Waals surface area contributed by atoms with Crippen molar-refractivity contribution in [2.24, 2.45) is 11.8 Å². The Morgan fingerprint density at radius 3 is 1.17 bits per heavy atom. The van der Waals surface area contributed by atoms with Gasteiger partial charge in [0, 0.05) is 0 Å². The Kier molecular flexibility index (Phi) is 14.2. The molecule has 0 aromatic heterocycles. The summed E-state index contributed by atoms with van der Waals surface area (Å²) in [7, 11) is 0. The minimum atomic E-state index is 1.09. The molecule has 1 fully saturated rings. The zero-order chi connectivity index (χ0) is 16.6. The molecule has 1 saturated carbocycles. The standard InChI is InChI=1S/C23H46/c1-3-5-7-8-9-10-11-12-13-15-17-23-20-18-22(19-21-23)16-14-6-4-2/h22-23H,3-21H2,1-2H3. The lowest BCUT2D eigenvalue weighted by Crippen LogP contribution is -2.14. The lowest BCUT2D eigenvalue weighted by Gasteiger charge is -2.28. The van der Waals surface area contributed by atoms with Gasteiger partial charge in [-0.05, 0) is 11.8 Å². The molecule has 23 heavy (non-hydrogen) atoms. The van der Waals surface area contributed by atoms with Gasteiger partial charge in [-0.15, -0.1) is 0 Å². The summed E-state index contributed by atoms with van der Waals surface area (Å²) in [6.45, 7) is 4.63. The van der Waals surface area contributed by atoms with Crippen LogP contribution in [0.1, 0.15) is 136 Å². The van der Waals surface area contributed by atoms with Crippen molar-refractivity contribution in [1.82, 2.24) is 0 Å². The summed E-state index contributed by atoms with van der Waals surface area (Å²) in [5, 5.41) is 0. The third-order valence-electron chi connectivity index (χ3n) is 6.15. The van der Waals surface area contributed by atoms with Gasteiger partial charge in [-0.2, -0.15) is 0 Å². The van der Waals surface area contributed by atoms with Gasteiger partial charge in [0.05, 0.1) is 0 Å². The molecule has 1 aliphatic rings. The topological polar surface area (TPSA) is 0 Å². The largest absolute Gasteiger partial charge is 0.0654 e. The maximum atomic E-state index is 2.32. The molecule has 0 radical (unpaired) electrons. The predicted molar refractivity (Wildman–Crippen MR) is 106 cm³/mol. The first-order valence-electron chi connectivity index (χ1n) is 11.4. The van der Waals surface area contributed by atoms with Gasteiger partial charge in [0.25, 0.3) is 0 Å². The number of unbranched alkanes of at least 4 members (excludes halogenated alkanes) is 11. The van der Waals surface area contributed by atoms with Crippen LogP contribution in [0.2, 0.25) is 0 Å². The molecule has 0 saturated heterocycles. The van der Waals surface area contributed by atoms with Crippen molar-refractivity contribution in [1.29, 1.82) is 0 Å². The van der Waals surface area contributed by atoms with Crippen LogP contribution in [0.4, 0.5) is 0 Å². The Labute approximate surface area is 148 Å². The van der Waals surface area contributed by atoms with Crippen molar-refractivity contribution in [3.8, 4) is 0 Å². The molecule has 0 bridgehead atoms. The summed E-state index contributed by atoms with van der Waals surface area (Å²) in [5.41, 5.74) is 0. The normalized spacial score (nSPS) is 21.7. The molecule has 0 N–H and O–H groups in total. The monoisotopic (exact) mass is 322 g/mol. The van der Waals surface area contributed by atoms with Crippen LogP contribution < -0.4 is 0 Å². The second kappa shape index (κ2) is 15.5. The maximum absolute atomic E-state index is 2.32. The van der Waals surface area contributed by atoms with Gasteiger partial charge in [-0.3, -0.25) is 0 Å². The van der Waals surface area contributed by atoms with E-state index in [2.05, 4.69) is 13.8 Å². The average molecular weight is 323 g/mol. The number of rotatable bonds is 15. The highest BCUT2D eigenvalue weighted by Gasteiger charge is 2.20. The first kappa shape index (κ1) is 21.0. The van der Waals surface area contributed by atoms with E-state index in [0.717, 1.165) is 11.8 Å². The minimum absolute atomic E-state index is 1.09. The van der Waals surface area contributed by atoms with Crippen molar-refractivity contribution in [3.63, 3.8) is 0 Å². The van der Waals surface area contributed by atoms with E-state index in [-0.39, 0.29) is 0 Å². The Balaban J connectivity index is 1.82. The Morgan fingerprint density at radius 2 is 0.739 bits per heavy atom. The van der Waals surface area contributed by atoms with Crippen LogP contribution in [-0.2, 0) is 0 Å². The Hall–Kier alpha value is 0. The smallest absolute Gasteiger partial charge is 0.0414 e. The highest BCUT2D eigenvalue weighted by Crippen LogP contribution is 2.34. The third-order valence-corrected chi connectivity index (χ3v) is 6.15. The molecule has 0 atom stereocenters. The van der Waals surface area contributed by atoms with Crippen LogP contribution in [0.5, 0.6) is 0 Å². The van der Waals surface area contributed by atoms with Gasteiger partial charge in [0.1, 0.15) is 0 Å². The van der Waals surface area contributed by atoms with Crippen LogP contribution in [-0.4, -0.2) is 0 Å². The maximum Gasteiger partial charge on any atom is -0.0414 e. The first-order chi connectivity index (χ1) is 11.4. The summed E-state index contributed by atoms with van der Waals surface area (Å²) in [6.07, 6.45) is 28.4. The van der Waals surface area contributed by atoms with Crippen molar-refractivity contribution >= 4 is 0 Å².